The predicted molar refractivity (Wildman–Crippen MR) is 105 cm³/mol. The zero-order valence-electron chi connectivity index (χ0n) is 14.4. The van der Waals surface area contributed by atoms with Gasteiger partial charge in [-0.05, 0) is 47.0 Å². The van der Waals surface area contributed by atoms with Crippen molar-refractivity contribution in [2.75, 3.05) is 13.1 Å². The van der Waals surface area contributed by atoms with Gasteiger partial charge >= 0.3 is 0 Å². The molecule has 7 heteroatoms. The molecule has 2 amide bonds. The molecule has 0 aliphatic carbocycles. The van der Waals surface area contributed by atoms with Gasteiger partial charge in [0, 0.05) is 16.3 Å². The summed E-state index contributed by atoms with van der Waals surface area (Å²) < 4.78 is 13.7. The fraction of sp³-hybridized carbons (Fsp3) is 0.200. The van der Waals surface area contributed by atoms with E-state index in [-0.39, 0.29) is 24.1 Å². The van der Waals surface area contributed by atoms with Crippen LogP contribution in [0.3, 0.4) is 0 Å². The molecule has 3 aromatic rings. The molecule has 1 aromatic carbocycles. The van der Waals surface area contributed by atoms with Crippen molar-refractivity contribution in [3.8, 4) is 0 Å². The van der Waals surface area contributed by atoms with Gasteiger partial charge < -0.3 is 10.2 Å². The minimum Gasteiger partial charge on any atom is -0.343 e. The number of benzene rings is 1. The molecule has 1 aliphatic heterocycles. The van der Waals surface area contributed by atoms with Crippen molar-refractivity contribution in [3.63, 3.8) is 0 Å². The highest BCUT2D eigenvalue weighted by Gasteiger charge is 2.33. The molecule has 0 fully saturated rings. The minimum absolute atomic E-state index is 0.0566. The largest absolute Gasteiger partial charge is 0.343 e. The zero-order chi connectivity index (χ0) is 18.8. The zero-order valence-corrected chi connectivity index (χ0v) is 16.0. The number of nitrogens with zero attached hydrogens (tertiary/aromatic N) is 1. The van der Waals surface area contributed by atoms with E-state index >= 15 is 0 Å². The highest BCUT2D eigenvalue weighted by molar-refractivity contribution is 7.10. The first-order valence-corrected chi connectivity index (χ1v) is 10.3. The van der Waals surface area contributed by atoms with Crippen molar-refractivity contribution in [2.45, 2.75) is 12.5 Å². The van der Waals surface area contributed by atoms with E-state index in [1.807, 2.05) is 22.4 Å². The lowest BCUT2D eigenvalue weighted by atomic mass is 9.98. The average molecular weight is 401 g/mol. The molecule has 0 bridgehead atoms. The molecule has 4 nitrogen and oxygen atoms in total. The third kappa shape index (κ3) is 3.52. The van der Waals surface area contributed by atoms with Crippen LogP contribution in [0.25, 0.3) is 0 Å². The quantitative estimate of drug-likeness (QED) is 0.723. The van der Waals surface area contributed by atoms with Crippen LogP contribution < -0.4 is 5.32 Å². The summed E-state index contributed by atoms with van der Waals surface area (Å²) in [5.41, 5.74) is 1.10. The van der Waals surface area contributed by atoms with Crippen molar-refractivity contribution in [1.82, 2.24) is 10.2 Å². The highest BCUT2D eigenvalue weighted by Crippen LogP contribution is 2.39. The summed E-state index contributed by atoms with van der Waals surface area (Å²) in [4.78, 5) is 29.3. The minimum atomic E-state index is -0.597. The number of fused-ring (bicyclic) bond motifs is 1. The molecule has 1 atom stereocenters. The van der Waals surface area contributed by atoms with Crippen molar-refractivity contribution in [1.29, 1.82) is 0 Å². The Bertz CT molecular complexity index is 968. The SMILES string of the molecule is O=C(NCC(=O)N1CCc2sccc2[C@H]1c1cccs1)c1ccccc1F. The molecule has 0 unspecified atom stereocenters. The fourth-order valence-corrected chi connectivity index (χ4v) is 5.10. The van der Waals surface area contributed by atoms with E-state index in [0.717, 1.165) is 16.9 Å². The number of halogens is 1. The van der Waals surface area contributed by atoms with Crippen molar-refractivity contribution in [2.24, 2.45) is 0 Å². The molecule has 2 aromatic heterocycles. The maximum absolute atomic E-state index is 13.7. The number of hydrogen-bond acceptors (Lipinski definition) is 4. The summed E-state index contributed by atoms with van der Waals surface area (Å²) in [6.45, 7) is 0.443. The Morgan fingerprint density at radius 1 is 1.11 bits per heavy atom. The van der Waals surface area contributed by atoms with Gasteiger partial charge in [-0.25, -0.2) is 4.39 Å². The number of hydrogen-bond donors (Lipinski definition) is 1. The van der Waals surface area contributed by atoms with Gasteiger partial charge in [0.25, 0.3) is 5.91 Å². The first-order valence-electron chi connectivity index (χ1n) is 8.57. The molecule has 0 spiro atoms. The van der Waals surface area contributed by atoms with Crippen LogP contribution in [-0.4, -0.2) is 29.8 Å². The van der Waals surface area contributed by atoms with Gasteiger partial charge in [0.15, 0.2) is 0 Å². The lowest BCUT2D eigenvalue weighted by Crippen LogP contribution is -2.45. The van der Waals surface area contributed by atoms with Gasteiger partial charge in [-0.1, -0.05) is 18.2 Å². The number of carbonyl (C=O) groups excluding carboxylic acids is 2. The molecule has 27 heavy (non-hydrogen) atoms. The van der Waals surface area contributed by atoms with Crippen molar-refractivity contribution in [3.05, 3.63) is 79.9 Å². The van der Waals surface area contributed by atoms with Gasteiger partial charge in [0.2, 0.25) is 5.91 Å². The van der Waals surface area contributed by atoms with E-state index in [1.165, 1.54) is 23.1 Å². The number of amides is 2. The Kier molecular flexibility index (Phi) is 5.05. The topological polar surface area (TPSA) is 49.4 Å². The van der Waals surface area contributed by atoms with Crippen molar-refractivity contribution >= 4 is 34.5 Å². The normalized spacial score (nSPS) is 16.0. The third-order valence-corrected chi connectivity index (χ3v) is 6.54. The summed E-state index contributed by atoms with van der Waals surface area (Å²) >= 11 is 3.33. The molecule has 138 valence electrons. The smallest absolute Gasteiger partial charge is 0.254 e. The lowest BCUT2D eigenvalue weighted by Gasteiger charge is -2.35. The Labute approximate surface area is 164 Å². The second kappa shape index (κ2) is 7.62. The number of thiophene rings is 2. The van der Waals surface area contributed by atoms with Crippen LogP contribution in [0.1, 0.15) is 31.7 Å². The Hall–Kier alpha value is -2.51. The van der Waals surface area contributed by atoms with E-state index in [2.05, 4.69) is 16.8 Å². The van der Waals surface area contributed by atoms with Gasteiger partial charge in [0.05, 0.1) is 18.2 Å². The summed E-state index contributed by atoms with van der Waals surface area (Å²) in [5.74, 6) is -1.35. The fourth-order valence-electron chi connectivity index (χ4n) is 3.34. The highest BCUT2D eigenvalue weighted by atomic mass is 32.1. The molecule has 0 saturated heterocycles. The monoisotopic (exact) mass is 400 g/mol. The van der Waals surface area contributed by atoms with Gasteiger partial charge in [-0.2, -0.15) is 0 Å². The molecule has 1 N–H and O–H groups in total. The Morgan fingerprint density at radius 2 is 1.96 bits per heavy atom. The van der Waals surface area contributed by atoms with E-state index in [9.17, 15) is 14.0 Å². The van der Waals surface area contributed by atoms with Crippen LogP contribution in [0.2, 0.25) is 0 Å². The van der Waals surface area contributed by atoms with Gasteiger partial charge in [-0.15, -0.1) is 22.7 Å². The molecular formula is C20H17FN2O2S2. The molecular weight excluding hydrogens is 383 g/mol. The summed E-state index contributed by atoms with van der Waals surface area (Å²) in [7, 11) is 0. The van der Waals surface area contributed by atoms with E-state index < -0.39 is 11.7 Å². The standard InChI is InChI=1S/C20H17FN2O2S2/c21-15-5-2-1-4-13(15)20(25)22-12-18(24)23-9-7-16-14(8-11-27-16)19(23)17-6-3-10-26-17/h1-6,8,10-11,19H,7,9,12H2,(H,22,25)/t19-/m0/s1. The van der Waals surface area contributed by atoms with E-state index in [4.69, 9.17) is 0 Å². The lowest BCUT2D eigenvalue weighted by molar-refractivity contribution is -0.132. The number of nitrogens with one attached hydrogen (secondary N) is 1. The van der Waals surface area contributed by atoms with Crippen LogP contribution in [0.15, 0.2) is 53.2 Å². The van der Waals surface area contributed by atoms with Crippen LogP contribution >= 0.6 is 22.7 Å². The second-order valence-electron chi connectivity index (χ2n) is 6.22. The summed E-state index contributed by atoms with van der Waals surface area (Å²) in [6.07, 6.45) is 0.807. The summed E-state index contributed by atoms with van der Waals surface area (Å²) in [6, 6.07) is 11.7. The molecule has 4 rings (SSSR count). The third-order valence-electron chi connectivity index (χ3n) is 4.62. The van der Waals surface area contributed by atoms with Crippen LogP contribution in [0.4, 0.5) is 4.39 Å². The average Bonchev–Trinajstić information content (AvgIpc) is 3.37. The van der Waals surface area contributed by atoms with Crippen molar-refractivity contribution < 1.29 is 14.0 Å². The second-order valence-corrected chi connectivity index (χ2v) is 8.20. The van der Waals surface area contributed by atoms with E-state index in [1.54, 1.807) is 28.7 Å². The maximum Gasteiger partial charge on any atom is 0.254 e. The Morgan fingerprint density at radius 3 is 2.74 bits per heavy atom. The molecule has 0 saturated carbocycles. The van der Waals surface area contributed by atoms with Crippen LogP contribution in [-0.2, 0) is 11.2 Å². The molecule has 0 radical (unpaired) electrons. The maximum atomic E-state index is 13.7. The molecule has 1 aliphatic rings. The van der Waals surface area contributed by atoms with Crippen LogP contribution in [0.5, 0.6) is 0 Å². The Balaban J connectivity index is 1.51. The van der Waals surface area contributed by atoms with E-state index in [0.29, 0.717) is 6.54 Å². The predicted octanol–water partition coefficient (Wildman–Crippen LogP) is 3.85. The number of rotatable bonds is 4. The first kappa shape index (κ1) is 17.9. The van der Waals surface area contributed by atoms with Gasteiger partial charge in [0.1, 0.15) is 5.82 Å². The summed E-state index contributed by atoms with van der Waals surface area (Å²) in [5, 5.41) is 6.61. The molecule has 3 heterocycles. The number of carbonyl (C=O) groups is 2. The first-order chi connectivity index (χ1) is 13.1. The van der Waals surface area contributed by atoms with Crippen LogP contribution in [0, 0.1) is 5.82 Å². The van der Waals surface area contributed by atoms with Gasteiger partial charge in [-0.3, -0.25) is 9.59 Å².